The molecule has 1 aromatic heterocycles. The Morgan fingerprint density at radius 3 is 1.98 bits per heavy atom. The molecule has 18 unspecified atom stereocenters. The third-order valence-electron chi connectivity index (χ3n) is 22.6. The number of hydroxylamine groups is 1. The number of aliphatic hydroxyl groups is 6. The van der Waals surface area contributed by atoms with Gasteiger partial charge in [-0.25, -0.2) is 10.3 Å². The molecule has 662 valence electrons. The van der Waals surface area contributed by atoms with Crippen LogP contribution in [-0.4, -0.2) is 215 Å². The quantitative estimate of drug-likeness (QED) is 0.0456. The number of hydrogen-bond acceptors (Lipinski definition) is 29. The van der Waals surface area contributed by atoms with Gasteiger partial charge < -0.3 is 128 Å². The smallest absolute Gasteiger partial charge is 0.349 e. The Balaban J connectivity index is 0.998. The number of amides is 9. The number of phenolic OH excluding ortho intramolecular Hbond substituents is 3. The first kappa shape index (κ1) is 91.3. The molecule has 1 aliphatic carbocycles. The number of fused-ring (bicyclic) bond motifs is 15. The lowest BCUT2D eigenvalue weighted by molar-refractivity contribution is -0.334. The van der Waals surface area contributed by atoms with E-state index >= 15 is 24.0 Å². The number of primary amides is 1. The molecule has 9 amide bonds. The molecular weight excluding hydrogens is 1650 g/mol. The average Bonchev–Trinajstić information content (AvgIpc) is 0.764. The van der Waals surface area contributed by atoms with Crippen LogP contribution < -0.4 is 79.0 Å². The Morgan fingerprint density at radius 1 is 0.715 bits per heavy atom. The van der Waals surface area contributed by atoms with Crippen LogP contribution >= 0.6 is 23.2 Å². The van der Waals surface area contributed by atoms with Gasteiger partial charge >= 0.3 is 5.69 Å². The zero-order valence-electron chi connectivity index (χ0n) is 67.7. The van der Waals surface area contributed by atoms with Gasteiger partial charge in [0, 0.05) is 54.9 Å². The minimum absolute atomic E-state index is 0.00479. The van der Waals surface area contributed by atoms with E-state index in [0.29, 0.717) is 5.92 Å². The highest BCUT2D eigenvalue weighted by Gasteiger charge is 2.52. The van der Waals surface area contributed by atoms with Crippen molar-refractivity contribution in [3.63, 3.8) is 0 Å². The van der Waals surface area contributed by atoms with Gasteiger partial charge in [0.25, 0.3) is 5.91 Å². The molecular formula is C82H99Cl2N13O26. The van der Waals surface area contributed by atoms with Crippen LogP contribution in [-0.2, 0) is 68.7 Å². The first-order chi connectivity index (χ1) is 58.4. The highest BCUT2D eigenvalue weighted by Crippen LogP contribution is 2.50. The third-order valence-corrected chi connectivity index (χ3v) is 23.2. The third kappa shape index (κ3) is 20.8. The normalized spacial score (nSPS) is 28.1. The van der Waals surface area contributed by atoms with Gasteiger partial charge in [-0.1, -0.05) is 75.0 Å². The van der Waals surface area contributed by atoms with Crippen LogP contribution in [0.15, 0.2) is 95.9 Å². The molecule has 3 fully saturated rings. The van der Waals surface area contributed by atoms with Crippen molar-refractivity contribution in [3.8, 4) is 57.1 Å². The molecule has 18 atom stereocenters. The molecule has 21 N–H and O–H groups in total. The standard InChI is InChI=1S/C82H99Cl2N13O26/c1-34(2)22-47(86-6)73(109)94-64-66(104)39-13-16-51(45(83)25-39)119-53-27-41-28-54(70(53)123-80-71(69(107)68(106)55(33-98)121-80)122-59-32-82(5,72(108)36(4)118-59)87-19-21-97-20-18-57(90-81(97)116)89-58(103)23-37-10-8-35(3)9-11-37)120-52-17-14-40(26-46(52)84)67(105)65-78(114)93-63(79(115)96-117-7)44-29-42(99)30-50(101)60(44)43-24-38(12-15-49(43)100)61(75(111)95-65)92-76(112)62(41)91-74(110)48(31-56(85)102)88-77(64)113/h12-18,20,24-30,34-37,47-48,55,59,61-69,71-72,80,86-87,98-101,104-108H,8-11,19,21-23,31-33H2,1-7H3,(H2,85,102)(H,88,113)(H,91,110)(H,92,112)(H,93,114)(H,94,109)(H,95,111)(H,96,115)(H,89,90,103,116). The lowest BCUT2D eigenvalue weighted by atomic mass is 9.81. The Bertz CT molecular complexity index is 5060. The number of carbonyl (C=O) groups is 9. The van der Waals surface area contributed by atoms with Gasteiger partial charge in [0.2, 0.25) is 59.3 Å². The van der Waals surface area contributed by atoms with Crippen molar-refractivity contribution in [2.24, 2.45) is 23.5 Å². The van der Waals surface area contributed by atoms with Crippen molar-refractivity contribution in [2.75, 3.05) is 32.6 Å². The molecule has 41 heteroatoms. The van der Waals surface area contributed by atoms with Crippen molar-refractivity contribution in [3.05, 3.63) is 139 Å². The molecule has 8 heterocycles. The Hall–Kier alpha value is -10.9. The number of nitrogens with zero attached hydrogens (tertiary/aromatic N) is 2. The minimum atomic E-state index is -2.38. The molecule has 1 saturated carbocycles. The predicted octanol–water partition coefficient (Wildman–Crippen LogP) is 1.74. The number of ether oxygens (including phenoxy) is 6. The molecule has 0 radical (unpaired) electrons. The number of nitrogens with two attached hydrogens (primary N) is 1. The van der Waals surface area contributed by atoms with Gasteiger partial charge in [0.05, 0.1) is 48.4 Å². The molecule has 7 aliphatic heterocycles. The van der Waals surface area contributed by atoms with Crippen LogP contribution in [0, 0.1) is 17.8 Å². The number of nitrogens with one attached hydrogen (secondary N) is 10. The summed E-state index contributed by atoms with van der Waals surface area (Å²) in [4.78, 5) is 155. The van der Waals surface area contributed by atoms with Crippen LogP contribution in [0.25, 0.3) is 11.1 Å². The van der Waals surface area contributed by atoms with Crippen LogP contribution in [0.5, 0.6) is 46.0 Å². The summed E-state index contributed by atoms with van der Waals surface area (Å²) >= 11 is 14.4. The van der Waals surface area contributed by atoms with Gasteiger partial charge in [0.1, 0.15) is 101 Å². The van der Waals surface area contributed by atoms with E-state index in [1.54, 1.807) is 6.92 Å². The summed E-state index contributed by atoms with van der Waals surface area (Å²) in [5.41, 5.74) is 3.19. The first-order valence-corrected chi connectivity index (χ1v) is 40.6. The molecule has 123 heavy (non-hydrogen) atoms. The van der Waals surface area contributed by atoms with Gasteiger partial charge in [-0.15, -0.1) is 0 Å². The molecule has 8 aliphatic rings. The van der Waals surface area contributed by atoms with Crippen LogP contribution in [0.2, 0.25) is 10.0 Å². The number of rotatable bonds is 21. The molecule has 14 rings (SSSR count). The van der Waals surface area contributed by atoms with Crippen molar-refractivity contribution < 1.29 is 122 Å². The fraction of sp³-hybridized carbons (Fsp3) is 0.476. The van der Waals surface area contributed by atoms with Crippen LogP contribution in [0.1, 0.15) is 144 Å². The molecule has 6 aromatic rings. The summed E-state index contributed by atoms with van der Waals surface area (Å²) in [6, 6.07) is 1.20. The van der Waals surface area contributed by atoms with Crippen LogP contribution in [0.3, 0.4) is 0 Å². The number of benzene rings is 5. The minimum Gasteiger partial charge on any atom is -0.508 e. The van der Waals surface area contributed by atoms with Crippen LogP contribution in [0.4, 0.5) is 5.82 Å². The molecule has 11 bridgehead atoms. The van der Waals surface area contributed by atoms with E-state index < -0.39 is 243 Å². The van der Waals surface area contributed by atoms with Gasteiger partial charge in [0.15, 0.2) is 23.9 Å². The largest absolute Gasteiger partial charge is 0.508 e. The summed E-state index contributed by atoms with van der Waals surface area (Å²) < 4.78 is 40.7. The average molecular weight is 1750 g/mol. The van der Waals surface area contributed by atoms with Gasteiger partial charge in [-0.3, -0.25) is 52.6 Å². The molecule has 0 spiro atoms. The molecule has 2 saturated heterocycles. The van der Waals surface area contributed by atoms with E-state index in [0.717, 1.165) is 99.5 Å². The number of aliphatic hydroxyl groups excluding tert-OH is 6. The summed E-state index contributed by atoms with van der Waals surface area (Å²) in [6.45, 7) is 7.94. The highest BCUT2D eigenvalue weighted by molar-refractivity contribution is 6.32. The lowest BCUT2D eigenvalue weighted by Crippen LogP contribution is -2.65. The number of carbonyl (C=O) groups excluding carboxylic acids is 9. The molecule has 39 nitrogen and oxygen atoms in total. The highest BCUT2D eigenvalue weighted by atomic mass is 35.5. The Labute approximate surface area is 713 Å². The van der Waals surface area contributed by atoms with Crippen molar-refractivity contribution in [1.82, 2.24) is 57.6 Å². The number of anilines is 1. The van der Waals surface area contributed by atoms with E-state index in [4.69, 9.17) is 62.2 Å². The van der Waals surface area contributed by atoms with Crippen molar-refractivity contribution in [1.29, 1.82) is 0 Å². The number of halogens is 2. The van der Waals surface area contributed by atoms with Gasteiger partial charge in [-0.2, -0.15) is 4.98 Å². The number of aromatic nitrogens is 2. The van der Waals surface area contributed by atoms with E-state index in [1.165, 1.54) is 42.9 Å². The fourth-order valence-electron chi connectivity index (χ4n) is 15.9. The predicted molar refractivity (Wildman–Crippen MR) is 433 cm³/mol. The second-order valence-electron chi connectivity index (χ2n) is 32.1. The molecule has 5 aromatic carbocycles. The summed E-state index contributed by atoms with van der Waals surface area (Å²) in [6.07, 6.45) is -13.6. The fourth-order valence-corrected chi connectivity index (χ4v) is 16.4. The second-order valence-corrected chi connectivity index (χ2v) is 32.9. The van der Waals surface area contributed by atoms with Gasteiger partial charge in [-0.05, 0) is 146 Å². The second kappa shape index (κ2) is 38.9. The van der Waals surface area contributed by atoms with Crippen molar-refractivity contribution in [2.45, 2.75) is 202 Å². The number of aromatic hydroxyl groups is 3. The number of hydrogen-bond donors (Lipinski definition) is 20. The maximum Gasteiger partial charge on any atom is 0.349 e. The van der Waals surface area contributed by atoms with E-state index in [2.05, 4.69) is 65.2 Å². The lowest BCUT2D eigenvalue weighted by Gasteiger charge is -2.48. The number of likely N-dealkylation sites (N-methyl/N-ethyl adjacent to an activating group) is 1. The first-order valence-electron chi connectivity index (χ1n) is 39.8. The zero-order chi connectivity index (χ0) is 88.9. The van der Waals surface area contributed by atoms with E-state index in [1.807, 2.05) is 13.8 Å². The summed E-state index contributed by atoms with van der Waals surface area (Å²) in [7, 11) is 2.51. The summed E-state index contributed by atoms with van der Waals surface area (Å²) in [5.74, 6) is -14.7. The Kier molecular flexibility index (Phi) is 28.9. The maximum atomic E-state index is 16.3. The topological polar surface area (TPSA) is 582 Å². The SMILES string of the molecule is CNC(CC(C)C)C(=O)NC1C(=O)NC(CC(N)=O)C(=O)NC2C(=O)NC3C(=O)NC(C(=O)NC(C(=O)NOC)c4cc(O)cc(O)c4-c4cc3ccc4O)C(O)c3ccc(c(Cl)c3)Oc3cc2cc(c3OC2OC(CO)C(O)C(O)C2OC2CC(C)(NCCn3ccc(NC(=O)CC4CCC(C)CC4)nc3=O)C(O)C(C)O2)Oc2ccc(cc2Cl)C1O. The maximum absolute atomic E-state index is 16.3. The van der Waals surface area contributed by atoms with E-state index in [-0.39, 0.29) is 83.4 Å². The number of phenols is 3. The van der Waals surface area contributed by atoms with E-state index in [9.17, 15) is 69.9 Å². The zero-order valence-corrected chi connectivity index (χ0v) is 69.2. The Morgan fingerprint density at radius 2 is 1.36 bits per heavy atom. The summed E-state index contributed by atoms with van der Waals surface area (Å²) in [5, 5.41) is 129. The monoisotopic (exact) mass is 1750 g/mol. The van der Waals surface area contributed by atoms with Crippen molar-refractivity contribution >= 4 is 82.2 Å².